The molecule has 0 spiro atoms. The van der Waals surface area contributed by atoms with Crippen molar-refractivity contribution in [2.24, 2.45) is 0 Å². The van der Waals surface area contributed by atoms with Gasteiger partial charge in [0.15, 0.2) is 0 Å². The summed E-state index contributed by atoms with van der Waals surface area (Å²) in [6.45, 7) is 0. The van der Waals surface area contributed by atoms with Crippen LogP contribution in [0.5, 0.6) is 0 Å². The molecule has 136 valence electrons. The van der Waals surface area contributed by atoms with Gasteiger partial charge in [-0.15, -0.1) is 11.3 Å². The van der Waals surface area contributed by atoms with Gasteiger partial charge in [0.25, 0.3) is 0 Å². The number of anilines is 1. The van der Waals surface area contributed by atoms with E-state index in [0.29, 0.717) is 15.6 Å². The molecule has 2 aromatic carbocycles. The number of halogens is 1. The molecule has 1 heterocycles. The largest absolute Gasteiger partial charge is 0.465 e. The minimum absolute atomic E-state index is 0.337. The third-order valence-electron chi connectivity index (χ3n) is 3.80. The van der Waals surface area contributed by atoms with Gasteiger partial charge in [-0.2, -0.15) is 0 Å². The lowest BCUT2D eigenvalue weighted by Crippen LogP contribution is -2.11. The molecule has 0 aliphatic rings. The maximum Gasteiger partial charge on any atom is 0.341 e. The number of nitrogens with one attached hydrogen (secondary N) is 1. The summed E-state index contributed by atoms with van der Waals surface area (Å²) in [4.78, 5) is 24.6. The van der Waals surface area contributed by atoms with Crippen LogP contribution in [0.15, 0.2) is 66.1 Å². The first-order chi connectivity index (χ1) is 13.1. The number of thiophene rings is 1. The molecule has 0 bridgehead atoms. The number of carbonyl (C=O) groups excluding carboxylic acids is 2. The predicted molar refractivity (Wildman–Crippen MR) is 110 cm³/mol. The number of carbonyl (C=O) groups is 2. The summed E-state index contributed by atoms with van der Waals surface area (Å²) in [7, 11) is 1.32. The van der Waals surface area contributed by atoms with Crippen LogP contribution in [0.1, 0.15) is 15.9 Å². The molecule has 0 aliphatic carbocycles. The van der Waals surface area contributed by atoms with Gasteiger partial charge in [-0.3, -0.25) is 4.79 Å². The van der Waals surface area contributed by atoms with Crippen molar-refractivity contribution in [1.29, 1.82) is 0 Å². The molecule has 27 heavy (non-hydrogen) atoms. The minimum atomic E-state index is -0.493. The molecule has 4 nitrogen and oxygen atoms in total. The van der Waals surface area contributed by atoms with Crippen molar-refractivity contribution in [3.8, 4) is 11.1 Å². The fourth-order valence-corrected chi connectivity index (χ4v) is 3.57. The number of benzene rings is 2. The van der Waals surface area contributed by atoms with Crippen LogP contribution < -0.4 is 5.32 Å². The van der Waals surface area contributed by atoms with Crippen LogP contribution in [0.25, 0.3) is 17.2 Å². The third kappa shape index (κ3) is 4.64. The molecule has 3 aromatic rings. The van der Waals surface area contributed by atoms with Crippen LogP contribution in [0.3, 0.4) is 0 Å². The summed E-state index contributed by atoms with van der Waals surface area (Å²) in [6.07, 6.45) is 3.08. The summed E-state index contributed by atoms with van der Waals surface area (Å²) >= 11 is 7.13. The first kappa shape index (κ1) is 18.9. The molecule has 0 radical (unpaired) electrons. The van der Waals surface area contributed by atoms with E-state index in [1.165, 1.54) is 24.5 Å². The lowest BCUT2D eigenvalue weighted by molar-refractivity contribution is -0.111. The van der Waals surface area contributed by atoms with Gasteiger partial charge in [0.1, 0.15) is 10.6 Å². The van der Waals surface area contributed by atoms with Crippen LogP contribution in [-0.4, -0.2) is 19.0 Å². The number of ether oxygens (including phenoxy) is 1. The minimum Gasteiger partial charge on any atom is -0.465 e. The number of hydrogen-bond acceptors (Lipinski definition) is 4. The van der Waals surface area contributed by atoms with Crippen LogP contribution in [-0.2, 0) is 9.53 Å². The van der Waals surface area contributed by atoms with Crippen LogP contribution in [0, 0.1) is 0 Å². The average molecular weight is 398 g/mol. The zero-order valence-corrected chi connectivity index (χ0v) is 16.0. The van der Waals surface area contributed by atoms with Crippen LogP contribution >= 0.6 is 22.9 Å². The highest BCUT2D eigenvalue weighted by Gasteiger charge is 2.21. The van der Waals surface area contributed by atoms with E-state index in [9.17, 15) is 9.59 Å². The summed E-state index contributed by atoms with van der Waals surface area (Å²) < 4.78 is 4.91. The number of esters is 1. The van der Waals surface area contributed by atoms with Gasteiger partial charge in [-0.05, 0) is 29.3 Å². The zero-order valence-electron chi connectivity index (χ0n) is 14.4. The molecule has 0 saturated heterocycles. The fraction of sp³-hybridized carbons (Fsp3) is 0.0476. The molecule has 0 fully saturated rings. The monoisotopic (exact) mass is 397 g/mol. The van der Waals surface area contributed by atoms with E-state index in [-0.39, 0.29) is 5.91 Å². The average Bonchev–Trinajstić information content (AvgIpc) is 3.11. The summed E-state index contributed by atoms with van der Waals surface area (Å²) in [6, 6.07) is 16.6. The first-order valence-electron chi connectivity index (χ1n) is 8.08. The molecular weight excluding hydrogens is 382 g/mol. The van der Waals surface area contributed by atoms with Crippen molar-refractivity contribution in [1.82, 2.24) is 0 Å². The smallest absolute Gasteiger partial charge is 0.341 e. The third-order valence-corrected chi connectivity index (χ3v) is 4.95. The lowest BCUT2D eigenvalue weighted by Gasteiger charge is -2.06. The first-order valence-corrected chi connectivity index (χ1v) is 9.34. The molecule has 6 heteroatoms. The lowest BCUT2D eigenvalue weighted by atomic mass is 10.0. The molecule has 1 amide bonds. The maximum atomic E-state index is 12.3. The Morgan fingerprint density at radius 2 is 1.78 bits per heavy atom. The second-order valence-electron chi connectivity index (χ2n) is 5.59. The van der Waals surface area contributed by atoms with Gasteiger partial charge in [0.05, 0.1) is 7.11 Å². The van der Waals surface area contributed by atoms with Gasteiger partial charge in [-0.1, -0.05) is 54.1 Å². The maximum absolute atomic E-state index is 12.3. The van der Waals surface area contributed by atoms with E-state index in [4.69, 9.17) is 16.3 Å². The normalized spacial score (nSPS) is 10.7. The molecule has 1 N–H and O–H groups in total. The zero-order chi connectivity index (χ0) is 19.2. The highest BCUT2D eigenvalue weighted by atomic mass is 35.5. The Balaban J connectivity index is 1.84. The van der Waals surface area contributed by atoms with E-state index >= 15 is 0 Å². The Morgan fingerprint density at radius 3 is 2.44 bits per heavy atom. The number of methoxy groups -OCH3 is 1. The second-order valence-corrected chi connectivity index (χ2v) is 6.90. The van der Waals surface area contributed by atoms with Crippen molar-refractivity contribution in [2.45, 2.75) is 0 Å². The van der Waals surface area contributed by atoms with Crippen molar-refractivity contribution in [3.63, 3.8) is 0 Å². The second kappa shape index (κ2) is 8.66. The Hall–Kier alpha value is -2.89. The van der Waals surface area contributed by atoms with E-state index in [1.54, 1.807) is 18.2 Å². The highest BCUT2D eigenvalue weighted by Crippen LogP contribution is 2.36. The van der Waals surface area contributed by atoms with Crippen molar-refractivity contribution in [3.05, 3.63) is 82.2 Å². The highest BCUT2D eigenvalue weighted by molar-refractivity contribution is 7.15. The Morgan fingerprint density at radius 1 is 1.07 bits per heavy atom. The topological polar surface area (TPSA) is 55.4 Å². The standard InChI is InChI=1S/C21H16ClNO3S/c1-26-21(25)19-17(15-5-3-2-4-6-15)13-27-20(19)23-18(24)12-9-14-7-10-16(22)11-8-14/h2-13H,1H3,(H,23,24). The molecule has 0 aliphatic heterocycles. The molecular formula is C21H16ClNO3S. The van der Waals surface area contributed by atoms with Gasteiger partial charge in [-0.25, -0.2) is 4.79 Å². The van der Waals surface area contributed by atoms with E-state index < -0.39 is 5.97 Å². The molecule has 0 unspecified atom stereocenters. The van der Waals surface area contributed by atoms with Crippen molar-refractivity contribution < 1.29 is 14.3 Å². The van der Waals surface area contributed by atoms with Gasteiger partial charge in [0, 0.05) is 22.0 Å². The molecule has 0 atom stereocenters. The fourth-order valence-electron chi connectivity index (χ4n) is 2.48. The SMILES string of the molecule is COC(=O)c1c(-c2ccccc2)csc1NC(=O)C=Cc1ccc(Cl)cc1. The molecule has 3 rings (SSSR count). The molecule has 1 aromatic heterocycles. The van der Waals surface area contributed by atoms with Gasteiger partial charge >= 0.3 is 5.97 Å². The number of hydrogen-bond donors (Lipinski definition) is 1. The van der Waals surface area contributed by atoms with Crippen molar-refractivity contribution in [2.75, 3.05) is 12.4 Å². The quantitative estimate of drug-likeness (QED) is 0.456. The Bertz CT molecular complexity index is 978. The molecule has 0 saturated carbocycles. The number of rotatable bonds is 5. The van der Waals surface area contributed by atoms with E-state index in [0.717, 1.165) is 16.7 Å². The Kier molecular flexibility index (Phi) is 6.06. The van der Waals surface area contributed by atoms with Crippen LogP contribution in [0.4, 0.5) is 5.00 Å². The van der Waals surface area contributed by atoms with Crippen molar-refractivity contribution >= 4 is 45.9 Å². The summed E-state index contributed by atoms with van der Waals surface area (Å²) in [5.41, 5.74) is 2.80. The summed E-state index contributed by atoms with van der Waals surface area (Å²) in [5, 5.41) is 5.68. The Labute approximate surface area is 166 Å². The number of amides is 1. The van der Waals surface area contributed by atoms with Crippen LogP contribution in [0.2, 0.25) is 5.02 Å². The predicted octanol–water partition coefficient (Wildman–Crippen LogP) is 5.51. The van der Waals surface area contributed by atoms with Gasteiger partial charge < -0.3 is 10.1 Å². The van der Waals surface area contributed by atoms with E-state index in [2.05, 4.69) is 5.32 Å². The van der Waals surface area contributed by atoms with E-state index in [1.807, 2.05) is 47.8 Å². The summed E-state index contributed by atoms with van der Waals surface area (Å²) in [5.74, 6) is -0.830. The van der Waals surface area contributed by atoms with Gasteiger partial charge in [0.2, 0.25) is 5.91 Å².